The normalized spacial score (nSPS) is 13.2. The average molecular weight is 451 g/mol. The van der Waals surface area contributed by atoms with Crippen molar-refractivity contribution in [1.29, 1.82) is 0 Å². The molecule has 6 nitrogen and oxygen atoms in total. The number of non-ortho nitro benzene ring substituents is 1. The van der Waals surface area contributed by atoms with E-state index < -0.39 is 0 Å². The number of nitro groups is 1. The van der Waals surface area contributed by atoms with Crippen molar-refractivity contribution in [2.24, 2.45) is 5.10 Å². The molecule has 2 aromatic carbocycles. The molecule has 0 radical (unpaired) electrons. The van der Waals surface area contributed by atoms with Crippen molar-refractivity contribution in [3.05, 3.63) is 64.2 Å². The number of anilines is 2. The van der Waals surface area contributed by atoms with E-state index >= 15 is 0 Å². The molecule has 1 aliphatic heterocycles. The largest absolute Gasteiger partial charge is 0.385 e. The third-order valence-electron chi connectivity index (χ3n) is 6.24. The Kier molecular flexibility index (Phi) is 10.2. The first kappa shape index (κ1) is 24.7. The summed E-state index contributed by atoms with van der Waals surface area (Å²) >= 11 is 0. The van der Waals surface area contributed by atoms with Crippen molar-refractivity contribution < 1.29 is 4.92 Å². The smallest absolute Gasteiger partial charge is 0.269 e. The predicted octanol–water partition coefficient (Wildman–Crippen LogP) is 7.54. The molecule has 1 aliphatic rings. The van der Waals surface area contributed by atoms with Crippen molar-refractivity contribution in [3.63, 3.8) is 0 Å². The van der Waals surface area contributed by atoms with Gasteiger partial charge in [-0.2, -0.15) is 5.10 Å². The highest BCUT2D eigenvalue weighted by atomic mass is 16.6. The van der Waals surface area contributed by atoms with Crippen LogP contribution in [-0.4, -0.2) is 23.7 Å². The lowest BCUT2D eigenvalue weighted by atomic mass is 10.1. The Balaban J connectivity index is 1.34. The zero-order valence-corrected chi connectivity index (χ0v) is 20.0. The van der Waals surface area contributed by atoms with Crippen LogP contribution in [0.15, 0.2) is 53.6 Å². The Morgan fingerprint density at radius 2 is 1.48 bits per heavy atom. The Hall–Kier alpha value is -2.89. The molecule has 1 N–H and O–H groups in total. The summed E-state index contributed by atoms with van der Waals surface area (Å²) in [5.41, 5.74) is 4.23. The van der Waals surface area contributed by atoms with Gasteiger partial charge in [0.15, 0.2) is 0 Å². The monoisotopic (exact) mass is 450 g/mol. The Morgan fingerprint density at radius 1 is 0.879 bits per heavy atom. The maximum atomic E-state index is 10.8. The first-order chi connectivity index (χ1) is 16.2. The van der Waals surface area contributed by atoms with Gasteiger partial charge in [-0.15, -0.1) is 0 Å². The minimum atomic E-state index is -0.376. The molecule has 0 saturated heterocycles. The van der Waals surface area contributed by atoms with Gasteiger partial charge in [-0.05, 0) is 48.4 Å². The lowest BCUT2D eigenvalue weighted by Crippen LogP contribution is -2.11. The van der Waals surface area contributed by atoms with E-state index in [9.17, 15) is 10.1 Å². The Labute approximate surface area is 198 Å². The molecule has 6 heteroatoms. The van der Waals surface area contributed by atoms with E-state index in [-0.39, 0.29) is 10.6 Å². The van der Waals surface area contributed by atoms with Crippen LogP contribution >= 0.6 is 0 Å². The topological polar surface area (TPSA) is 70.8 Å². The lowest BCUT2D eigenvalue weighted by molar-refractivity contribution is -0.384. The number of nitro benzene ring substituents is 1. The van der Waals surface area contributed by atoms with E-state index in [4.69, 9.17) is 5.10 Å². The number of unbranched alkanes of at least 4 members (excludes halogenated alkanes) is 9. The fourth-order valence-corrected chi connectivity index (χ4v) is 4.22. The SMILES string of the molecule is CCCCCCCCCCCCNc1ccc(N2CCC(c3ccc([N+](=O)[O-])cc3)=N2)cc1. The average Bonchev–Trinajstić information content (AvgIpc) is 3.33. The molecule has 0 spiro atoms. The van der Waals surface area contributed by atoms with Gasteiger partial charge in [0.2, 0.25) is 0 Å². The van der Waals surface area contributed by atoms with Crippen molar-refractivity contribution in [3.8, 4) is 0 Å². The quantitative estimate of drug-likeness (QED) is 0.173. The van der Waals surface area contributed by atoms with E-state index in [0.29, 0.717) is 0 Å². The minimum absolute atomic E-state index is 0.107. The summed E-state index contributed by atoms with van der Waals surface area (Å²) in [5, 5.41) is 21.1. The second-order valence-corrected chi connectivity index (χ2v) is 8.88. The van der Waals surface area contributed by atoms with Crippen molar-refractivity contribution in [2.45, 2.75) is 77.6 Å². The van der Waals surface area contributed by atoms with E-state index in [0.717, 1.165) is 42.2 Å². The summed E-state index contributed by atoms with van der Waals surface area (Å²) < 4.78 is 0. The van der Waals surface area contributed by atoms with Gasteiger partial charge in [-0.25, -0.2) is 0 Å². The third-order valence-corrected chi connectivity index (χ3v) is 6.24. The summed E-state index contributed by atoms with van der Waals surface area (Å²) in [4.78, 5) is 10.5. The molecular weight excluding hydrogens is 412 g/mol. The van der Waals surface area contributed by atoms with Crippen LogP contribution in [0.4, 0.5) is 17.1 Å². The summed E-state index contributed by atoms with van der Waals surface area (Å²) in [6.07, 6.45) is 14.4. The van der Waals surface area contributed by atoms with E-state index in [1.165, 1.54) is 76.3 Å². The summed E-state index contributed by atoms with van der Waals surface area (Å²) in [6.45, 7) is 4.10. The highest BCUT2D eigenvalue weighted by Gasteiger charge is 2.18. The van der Waals surface area contributed by atoms with Gasteiger partial charge in [0, 0.05) is 37.3 Å². The van der Waals surface area contributed by atoms with Crippen LogP contribution in [-0.2, 0) is 0 Å². The molecule has 0 amide bonds. The lowest BCUT2D eigenvalue weighted by Gasteiger charge is -2.14. The molecule has 0 saturated carbocycles. The van der Waals surface area contributed by atoms with Gasteiger partial charge in [0.05, 0.1) is 16.3 Å². The predicted molar refractivity (Wildman–Crippen MR) is 138 cm³/mol. The number of hydrogen-bond acceptors (Lipinski definition) is 5. The van der Waals surface area contributed by atoms with E-state index in [1.807, 2.05) is 5.01 Å². The number of rotatable bonds is 15. The van der Waals surface area contributed by atoms with Gasteiger partial charge < -0.3 is 5.32 Å². The molecule has 0 atom stereocenters. The standard InChI is InChI=1S/C27H38N4O2/c1-2-3-4-5-6-7-8-9-10-11-21-28-24-14-18-25(19-15-24)30-22-20-27(29-30)23-12-16-26(17-13-23)31(32)33/h12-19,28H,2-11,20-22H2,1H3. The number of nitrogens with one attached hydrogen (secondary N) is 1. The second-order valence-electron chi connectivity index (χ2n) is 8.88. The van der Waals surface area contributed by atoms with Gasteiger partial charge in [-0.1, -0.05) is 64.7 Å². The van der Waals surface area contributed by atoms with Crippen LogP contribution in [0, 0.1) is 10.1 Å². The fraction of sp³-hybridized carbons (Fsp3) is 0.519. The molecule has 33 heavy (non-hydrogen) atoms. The van der Waals surface area contributed by atoms with Gasteiger partial charge >= 0.3 is 0 Å². The van der Waals surface area contributed by atoms with Gasteiger partial charge in [0.1, 0.15) is 0 Å². The maximum Gasteiger partial charge on any atom is 0.269 e. The molecule has 178 valence electrons. The van der Waals surface area contributed by atoms with Crippen LogP contribution in [0.5, 0.6) is 0 Å². The Morgan fingerprint density at radius 3 is 2.09 bits per heavy atom. The minimum Gasteiger partial charge on any atom is -0.385 e. The molecule has 1 heterocycles. The first-order valence-electron chi connectivity index (χ1n) is 12.6. The molecule has 2 aromatic rings. The van der Waals surface area contributed by atoms with E-state index in [2.05, 4.69) is 36.5 Å². The first-order valence-corrected chi connectivity index (χ1v) is 12.6. The number of benzene rings is 2. The van der Waals surface area contributed by atoms with Gasteiger partial charge in [-0.3, -0.25) is 15.1 Å². The Bertz CT molecular complexity index is 878. The maximum absolute atomic E-state index is 10.8. The zero-order valence-electron chi connectivity index (χ0n) is 20.0. The highest BCUT2D eigenvalue weighted by Crippen LogP contribution is 2.24. The second kappa shape index (κ2) is 13.6. The number of nitrogens with zero attached hydrogens (tertiary/aromatic N) is 3. The summed E-state index contributed by atoms with van der Waals surface area (Å²) in [6, 6.07) is 15.1. The van der Waals surface area contributed by atoms with Crippen molar-refractivity contribution in [1.82, 2.24) is 0 Å². The molecule has 0 aliphatic carbocycles. The molecular formula is C27H38N4O2. The third kappa shape index (κ3) is 8.19. The van der Waals surface area contributed by atoms with Gasteiger partial charge in [0.25, 0.3) is 5.69 Å². The van der Waals surface area contributed by atoms with Crippen LogP contribution in [0.25, 0.3) is 0 Å². The number of hydrogen-bond donors (Lipinski definition) is 1. The fourth-order valence-electron chi connectivity index (χ4n) is 4.22. The molecule has 0 unspecified atom stereocenters. The summed E-state index contributed by atoms with van der Waals surface area (Å²) in [7, 11) is 0. The van der Waals surface area contributed by atoms with Crippen LogP contribution in [0.3, 0.4) is 0 Å². The molecule has 3 rings (SSSR count). The molecule has 0 bridgehead atoms. The molecule has 0 aromatic heterocycles. The zero-order chi connectivity index (χ0) is 23.3. The van der Waals surface area contributed by atoms with E-state index in [1.54, 1.807) is 12.1 Å². The van der Waals surface area contributed by atoms with Crippen LogP contribution < -0.4 is 10.3 Å². The van der Waals surface area contributed by atoms with Crippen molar-refractivity contribution in [2.75, 3.05) is 23.4 Å². The van der Waals surface area contributed by atoms with Crippen molar-refractivity contribution >= 4 is 22.8 Å². The van der Waals surface area contributed by atoms with Crippen LogP contribution in [0.1, 0.15) is 83.1 Å². The number of hydrazone groups is 1. The summed E-state index contributed by atoms with van der Waals surface area (Å²) in [5.74, 6) is 0. The highest BCUT2D eigenvalue weighted by molar-refractivity contribution is 6.02. The van der Waals surface area contributed by atoms with Crippen LogP contribution in [0.2, 0.25) is 0 Å². The molecule has 0 fully saturated rings.